The Bertz CT molecular complexity index is 489. The monoisotopic (exact) mass is 356 g/mol. The maximum atomic E-state index is 12.2. The zero-order chi connectivity index (χ0) is 16.0. The van der Waals surface area contributed by atoms with E-state index in [4.69, 9.17) is 10.5 Å². The van der Waals surface area contributed by atoms with Crippen molar-refractivity contribution in [3.05, 3.63) is 28.2 Å². The van der Waals surface area contributed by atoms with Crippen molar-refractivity contribution in [3.63, 3.8) is 0 Å². The van der Waals surface area contributed by atoms with E-state index in [0.29, 0.717) is 18.7 Å². The highest BCUT2D eigenvalue weighted by molar-refractivity contribution is 9.10. The van der Waals surface area contributed by atoms with Gasteiger partial charge in [-0.1, -0.05) is 22.9 Å². The molecule has 118 valence electrons. The van der Waals surface area contributed by atoms with E-state index in [1.54, 1.807) is 6.92 Å². The Balaban J connectivity index is 2.78. The second-order valence-corrected chi connectivity index (χ2v) is 6.69. The number of hydrogen-bond acceptors (Lipinski definition) is 3. The third kappa shape index (κ3) is 5.67. The minimum atomic E-state index is -0.548. The molecule has 1 unspecified atom stereocenters. The van der Waals surface area contributed by atoms with Crippen LogP contribution >= 0.6 is 15.9 Å². The van der Waals surface area contributed by atoms with E-state index in [1.165, 1.54) is 0 Å². The molecule has 1 amide bonds. The molecule has 4 nitrogen and oxygen atoms in total. The fraction of sp³-hybridized carbons (Fsp3) is 0.562. The van der Waals surface area contributed by atoms with Crippen LogP contribution in [0.4, 0.5) is 0 Å². The minimum absolute atomic E-state index is 0.108. The van der Waals surface area contributed by atoms with Crippen LogP contribution < -0.4 is 15.8 Å². The zero-order valence-electron chi connectivity index (χ0n) is 13.2. The first-order valence-corrected chi connectivity index (χ1v) is 8.05. The molecule has 0 radical (unpaired) electrons. The van der Waals surface area contributed by atoms with Gasteiger partial charge in [0.15, 0.2) is 6.10 Å². The van der Waals surface area contributed by atoms with Gasteiger partial charge in [0.1, 0.15) is 5.75 Å². The van der Waals surface area contributed by atoms with Crippen molar-refractivity contribution < 1.29 is 9.53 Å². The van der Waals surface area contributed by atoms with Crippen LogP contribution in [0.5, 0.6) is 5.75 Å². The van der Waals surface area contributed by atoms with Crippen molar-refractivity contribution in [2.75, 3.05) is 6.54 Å². The molecule has 0 spiro atoms. The number of nitrogens with two attached hydrogens (primary N) is 1. The number of nitrogens with one attached hydrogen (secondary N) is 1. The summed E-state index contributed by atoms with van der Waals surface area (Å²) in [5, 5.41) is 2.99. The molecular weight excluding hydrogens is 332 g/mol. The lowest BCUT2D eigenvalue weighted by Crippen LogP contribution is -2.48. The van der Waals surface area contributed by atoms with E-state index < -0.39 is 6.10 Å². The first-order valence-electron chi connectivity index (χ1n) is 7.26. The van der Waals surface area contributed by atoms with Crippen LogP contribution in [0, 0.1) is 0 Å². The molecule has 3 N–H and O–H groups in total. The summed E-state index contributed by atoms with van der Waals surface area (Å²) < 4.78 is 6.79. The van der Waals surface area contributed by atoms with Gasteiger partial charge in [0.05, 0.1) is 0 Å². The second-order valence-electron chi connectivity index (χ2n) is 5.78. The molecule has 0 aliphatic heterocycles. The quantitative estimate of drug-likeness (QED) is 0.789. The Morgan fingerprint density at radius 2 is 2.14 bits per heavy atom. The van der Waals surface area contributed by atoms with Gasteiger partial charge in [0.25, 0.3) is 5.91 Å². The SMILES string of the molecule is CCC(C)(C)NC(=O)C(C)Oc1ccc(Br)cc1CCN. The lowest BCUT2D eigenvalue weighted by atomic mass is 10.0. The molecule has 0 bridgehead atoms. The van der Waals surface area contributed by atoms with Crippen LogP contribution in [0.3, 0.4) is 0 Å². The summed E-state index contributed by atoms with van der Waals surface area (Å²) in [7, 11) is 0. The number of hydrogen-bond donors (Lipinski definition) is 2. The van der Waals surface area contributed by atoms with E-state index in [2.05, 4.69) is 21.2 Å². The number of rotatable bonds is 7. The molecule has 0 fully saturated rings. The summed E-state index contributed by atoms with van der Waals surface area (Å²) in [4.78, 5) is 12.2. The van der Waals surface area contributed by atoms with Crippen LogP contribution in [0.15, 0.2) is 22.7 Å². The highest BCUT2D eigenvalue weighted by Gasteiger charge is 2.23. The Morgan fingerprint density at radius 3 is 2.71 bits per heavy atom. The van der Waals surface area contributed by atoms with Gasteiger partial charge in [-0.15, -0.1) is 0 Å². The number of benzene rings is 1. The van der Waals surface area contributed by atoms with Gasteiger partial charge in [-0.25, -0.2) is 0 Å². The third-order valence-electron chi connectivity index (χ3n) is 3.45. The Hall–Kier alpha value is -1.07. The van der Waals surface area contributed by atoms with Crippen molar-refractivity contribution in [2.24, 2.45) is 5.73 Å². The van der Waals surface area contributed by atoms with Gasteiger partial charge in [-0.05, 0) is 63.9 Å². The van der Waals surface area contributed by atoms with Crippen molar-refractivity contribution in [1.29, 1.82) is 0 Å². The van der Waals surface area contributed by atoms with Crippen LogP contribution in [0.2, 0.25) is 0 Å². The highest BCUT2D eigenvalue weighted by Crippen LogP contribution is 2.24. The van der Waals surface area contributed by atoms with Gasteiger partial charge in [-0.2, -0.15) is 0 Å². The van der Waals surface area contributed by atoms with Crippen molar-refractivity contribution >= 4 is 21.8 Å². The molecule has 21 heavy (non-hydrogen) atoms. The van der Waals surface area contributed by atoms with E-state index in [9.17, 15) is 4.79 Å². The first kappa shape index (κ1) is 18.0. The van der Waals surface area contributed by atoms with Crippen LogP contribution in [0.25, 0.3) is 0 Å². The maximum Gasteiger partial charge on any atom is 0.261 e. The van der Waals surface area contributed by atoms with E-state index >= 15 is 0 Å². The van der Waals surface area contributed by atoms with Crippen LogP contribution in [-0.2, 0) is 11.2 Å². The largest absolute Gasteiger partial charge is 0.481 e. The molecule has 1 rings (SSSR count). The summed E-state index contributed by atoms with van der Waals surface area (Å²) in [6.45, 7) is 8.33. The number of amides is 1. The molecule has 1 aromatic carbocycles. The van der Waals surface area contributed by atoms with Gasteiger partial charge >= 0.3 is 0 Å². The van der Waals surface area contributed by atoms with E-state index in [-0.39, 0.29) is 11.4 Å². The molecule has 0 aliphatic rings. The molecule has 0 saturated carbocycles. The molecule has 5 heteroatoms. The van der Waals surface area contributed by atoms with E-state index in [0.717, 1.165) is 16.5 Å². The Kier molecular flexibility index (Phi) is 6.68. The predicted octanol–water partition coefficient (Wildman–Crippen LogP) is 3.02. The number of ether oxygens (including phenoxy) is 1. The Morgan fingerprint density at radius 1 is 1.48 bits per heavy atom. The standard InChI is InChI=1S/C16H25BrN2O2/c1-5-16(3,4)19-15(20)11(2)21-14-7-6-13(17)10-12(14)8-9-18/h6-7,10-11H,5,8-9,18H2,1-4H3,(H,19,20). The van der Waals surface area contributed by atoms with Crippen molar-refractivity contribution in [3.8, 4) is 5.75 Å². The van der Waals surface area contributed by atoms with Crippen molar-refractivity contribution in [1.82, 2.24) is 5.32 Å². The van der Waals surface area contributed by atoms with Crippen LogP contribution in [-0.4, -0.2) is 24.1 Å². The third-order valence-corrected chi connectivity index (χ3v) is 3.95. The molecular formula is C16H25BrN2O2. The number of carbonyl (C=O) groups is 1. The Labute approximate surface area is 135 Å². The average molecular weight is 357 g/mol. The summed E-state index contributed by atoms with van der Waals surface area (Å²) in [6, 6.07) is 5.74. The first-order chi connectivity index (χ1) is 9.79. The molecule has 0 aliphatic carbocycles. The van der Waals surface area contributed by atoms with Gasteiger partial charge in [0, 0.05) is 10.0 Å². The average Bonchev–Trinajstić information content (AvgIpc) is 2.41. The normalized spacial score (nSPS) is 12.9. The lowest BCUT2D eigenvalue weighted by Gasteiger charge is -2.27. The van der Waals surface area contributed by atoms with E-state index in [1.807, 2.05) is 39.0 Å². The number of carbonyl (C=O) groups excluding carboxylic acids is 1. The lowest BCUT2D eigenvalue weighted by molar-refractivity contribution is -0.129. The number of halogens is 1. The van der Waals surface area contributed by atoms with Gasteiger partial charge < -0.3 is 15.8 Å². The highest BCUT2D eigenvalue weighted by atomic mass is 79.9. The van der Waals surface area contributed by atoms with Crippen LogP contribution in [0.1, 0.15) is 39.7 Å². The molecule has 1 atom stereocenters. The predicted molar refractivity (Wildman–Crippen MR) is 89.5 cm³/mol. The van der Waals surface area contributed by atoms with Gasteiger partial charge in [0.2, 0.25) is 0 Å². The summed E-state index contributed by atoms with van der Waals surface area (Å²) in [6.07, 6.45) is 1.03. The fourth-order valence-electron chi connectivity index (χ4n) is 1.78. The zero-order valence-corrected chi connectivity index (χ0v) is 14.8. The second kappa shape index (κ2) is 7.80. The minimum Gasteiger partial charge on any atom is -0.481 e. The smallest absolute Gasteiger partial charge is 0.261 e. The summed E-state index contributed by atoms with van der Waals surface area (Å²) in [5.41, 5.74) is 6.39. The summed E-state index contributed by atoms with van der Waals surface area (Å²) in [5.74, 6) is 0.601. The topological polar surface area (TPSA) is 64.3 Å². The fourth-order valence-corrected chi connectivity index (χ4v) is 2.19. The molecule has 0 aromatic heterocycles. The summed E-state index contributed by atoms with van der Waals surface area (Å²) >= 11 is 3.43. The molecule has 1 aromatic rings. The molecule has 0 heterocycles. The molecule has 0 saturated heterocycles. The van der Waals surface area contributed by atoms with Gasteiger partial charge in [-0.3, -0.25) is 4.79 Å². The maximum absolute atomic E-state index is 12.2. The van der Waals surface area contributed by atoms with Crippen molar-refractivity contribution in [2.45, 2.75) is 52.2 Å².